The van der Waals surface area contributed by atoms with Crippen LogP contribution in [0.4, 0.5) is 0 Å². The quantitative estimate of drug-likeness (QED) is 0.384. The molecule has 6 heteroatoms. The van der Waals surface area contributed by atoms with E-state index in [1.165, 1.54) is 0 Å². The summed E-state index contributed by atoms with van der Waals surface area (Å²) in [5.41, 5.74) is 3.28. The molecule has 0 heterocycles. The number of carboxylic acids is 1. The summed E-state index contributed by atoms with van der Waals surface area (Å²) in [7, 11) is 0. The van der Waals surface area contributed by atoms with Crippen molar-refractivity contribution in [3.05, 3.63) is 60.2 Å². The fourth-order valence-electron chi connectivity index (χ4n) is 2.26. The van der Waals surface area contributed by atoms with Crippen molar-refractivity contribution in [2.75, 3.05) is 0 Å². The lowest BCUT2D eigenvalue weighted by Gasteiger charge is -2.05. The fraction of sp³-hybridized carbons (Fsp3) is 0.250. The Hall–Kier alpha value is -3.15. The summed E-state index contributed by atoms with van der Waals surface area (Å²) in [5, 5.41) is 12.5. The number of carboxylic acid groups (broad SMARTS) is 1. The molecule has 0 saturated heterocycles. The molecule has 0 aliphatic rings. The lowest BCUT2D eigenvalue weighted by Crippen LogP contribution is -2.16. The maximum absolute atomic E-state index is 11.7. The Balaban J connectivity index is 1.75. The summed E-state index contributed by atoms with van der Waals surface area (Å²) in [6.45, 7) is 0. The number of nitrogens with one attached hydrogen (secondary N) is 1. The van der Waals surface area contributed by atoms with Crippen molar-refractivity contribution in [1.82, 2.24) is 5.43 Å². The number of carbonyl (C=O) groups is 2. The van der Waals surface area contributed by atoms with E-state index >= 15 is 0 Å². The monoisotopic (exact) mass is 354 g/mol. The third kappa shape index (κ3) is 7.61. The van der Waals surface area contributed by atoms with Crippen molar-refractivity contribution in [2.24, 2.45) is 5.10 Å². The molecule has 6 nitrogen and oxygen atoms in total. The van der Waals surface area contributed by atoms with Gasteiger partial charge in [-0.15, -0.1) is 0 Å². The van der Waals surface area contributed by atoms with Gasteiger partial charge in [-0.2, -0.15) is 5.10 Å². The van der Waals surface area contributed by atoms with Crippen LogP contribution in [0.2, 0.25) is 0 Å². The number of rotatable bonds is 10. The molecule has 0 radical (unpaired) electrons. The standard InChI is InChI=1S/C20H22N2O4/c23-19(12-5-2-6-13-20(24)25)22-21-15-16-8-7-11-18(14-16)26-17-9-3-1-4-10-17/h1,3-4,7-11,14-15H,2,5-6,12-13H2,(H,22,23)(H,24,25)/b21-15+. The maximum Gasteiger partial charge on any atom is 0.303 e. The molecule has 0 aliphatic carbocycles. The minimum atomic E-state index is -0.808. The number of para-hydroxylation sites is 1. The molecule has 0 atom stereocenters. The third-order valence-corrected chi connectivity index (χ3v) is 3.53. The second-order valence-electron chi connectivity index (χ2n) is 5.74. The van der Waals surface area contributed by atoms with Crippen molar-refractivity contribution in [2.45, 2.75) is 32.1 Å². The molecule has 0 spiro atoms. The van der Waals surface area contributed by atoms with E-state index in [1.807, 2.05) is 54.6 Å². The van der Waals surface area contributed by atoms with Gasteiger partial charge in [0.05, 0.1) is 6.21 Å². The van der Waals surface area contributed by atoms with E-state index in [4.69, 9.17) is 9.84 Å². The van der Waals surface area contributed by atoms with Crippen LogP contribution in [0.5, 0.6) is 11.5 Å². The van der Waals surface area contributed by atoms with E-state index in [9.17, 15) is 9.59 Å². The number of hydrogen-bond acceptors (Lipinski definition) is 4. The van der Waals surface area contributed by atoms with Crippen LogP contribution in [0.3, 0.4) is 0 Å². The predicted molar refractivity (Wildman–Crippen MR) is 99.4 cm³/mol. The molecule has 0 aromatic heterocycles. The highest BCUT2D eigenvalue weighted by molar-refractivity contribution is 5.82. The molecule has 2 rings (SSSR count). The van der Waals surface area contributed by atoms with Crippen LogP contribution in [0.15, 0.2) is 59.7 Å². The first-order chi connectivity index (χ1) is 12.6. The van der Waals surface area contributed by atoms with Gasteiger partial charge in [0.2, 0.25) is 5.91 Å². The molecular weight excluding hydrogens is 332 g/mol. The third-order valence-electron chi connectivity index (χ3n) is 3.53. The number of carbonyl (C=O) groups excluding carboxylic acids is 1. The molecule has 2 N–H and O–H groups in total. The minimum Gasteiger partial charge on any atom is -0.481 e. The van der Waals surface area contributed by atoms with Gasteiger partial charge >= 0.3 is 5.97 Å². The Morgan fingerprint density at radius 2 is 1.69 bits per heavy atom. The van der Waals surface area contributed by atoms with Crippen LogP contribution < -0.4 is 10.2 Å². The van der Waals surface area contributed by atoms with E-state index in [0.29, 0.717) is 31.4 Å². The van der Waals surface area contributed by atoms with Gasteiger partial charge in [-0.3, -0.25) is 9.59 Å². The summed E-state index contributed by atoms with van der Waals surface area (Å²) in [4.78, 5) is 22.1. The molecule has 2 aromatic carbocycles. The average molecular weight is 354 g/mol. The summed E-state index contributed by atoms with van der Waals surface area (Å²) in [6.07, 6.45) is 3.97. The molecule has 2 aromatic rings. The highest BCUT2D eigenvalue weighted by Crippen LogP contribution is 2.21. The summed E-state index contributed by atoms with van der Waals surface area (Å²) in [5.74, 6) is 0.438. The summed E-state index contributed by atoms with van der Waals surface area (Å²) >= 11 is 0. The predicted octanol–water partition coefficient (Wildman–Crippen LogP) is 3.96. The largest absolute Gasteiger partial charge is 0.481 e. The normalized spacial score (nSPS) is 10.6. The van der Waals surface area contributed by atoms with E-state index < -0.39 is 5.97 Å². The number of hydrogen-bond donors (Lipinski definition) is 2. The zero-order chi connectivity index (χ0) is 18.6. The number of hydrazone groups is 1. The van der Waals surface area contributed by atoms with Gasteiger partial charge < -0.3 is 9.84 Å². The maximum atomic E-state index is 11.7. The molecule has 136 valence electrons. The SMILES string of the molecule is O=C(O)CCCCCC(=O)N/N=C/c1cccc(Oc2ccccc2)c1. The van der Waals surface area contributed by atoms with Gasteiger partial charge in [0, 0.05) is 12.8 Å². The van der Waals surface area contributed by atoms with Crippen LogP contribution in [-0.4, -0.2) is 23.2 Å². The smallest absolute Gasteiger partial charge is 0.303 e. The number of ether oxygens (including phenoxy) is 1. The molecule has 0 saturated carbocycles. The highest BCUT2D eigenvalue weighted by Gasteiger charge is 2.01. The molecule has 0 bridgehead atoms. The van der Waals surface area contributed by atoms with E-state index in [-0.39, 0.29) is 12.3 Å². The summed E-state index contributed by atoms with van der Waals surface area (Å²) in [6, 6.07) is 16.9. The number of amides is 1. The minimum absolute atomic E-state index is 0.140. The molecule has 26 heavy (non-hydrogen) atoms. The van der Waals surface area contributed by atoms with Crippen LogP contribution in [0.25, 0.3) is 0 Å². The van der Waals surface area contributed by atoms with Gasteiger partial charge in [0.15, 0.2) is 0 Å². The van der Waals surface area contributed by atoms with Gasteiger partial charge in [-0.25, -0.2) is 5.43 Å². The van der Waals surface area contributed by atoms with Gasteiger partial charge in [-0.05, 0) is 42.7 Å². The summed E-state index contributed by atoms with van der Waals surface area (Å²) < 4.78 is 5.75. The number of benzene rings is 2. The topological polar surface area (TPSA) is 88.0 Å². The molecule has 0 aliphatic heterocycles. The number of unbranched alkanes of at least 4 members (excludes halogenated alkanes) is 2. The van der Waals surface area contributed by atoms with Crippen LogP contribution >= 0.6 is 0 Å². The molecule has 0 unspecified atom stereocenters. The Kier molecular flexibility index (Phi) is 7.86. The Bertz CT molecular complexity index is 744. The van der Waals surface area contributed by atoms with Crippen LogP contribution in [0.1, 0.15) is 37.7 Å². The van der Waals surface area contributed by atoms with Gasteiger partial charge in [0.25, 0.3) is 0 Å². The van der Waals surface area contributed by atoms with Crippen LogP contribution in [-0.2, 0) is 9.59 Å². The highest BCUT2D eigenvalue weighted by atomic mass is 16.5. The van der Waals surface area contributed by atoms with E-state index in [2.05, 4.69) is 10.5 Å². The zero-order valence-electron chi connectivity index (χ0n) is 14.4. The van der Waals surface area contributed by atoms with Crippen molar-refractivity contribution < 1.29 is 19.4 Å². The molecule has 0 fully saturated rings. The lowest BCUT2D eigenvalue weighted by molar-refractivity contribution is -0.137. The number of aliphatic carboxylic acids is 1. The van der Waals surface area contributed by atoms with Crippen LogP contribution in [0, 0.1) is 0 Å². The average Bonchev–Trinajstić information content (AvgIpc) is 2.62. The Morgan fingerprint density at radius 1 is 0.962 bits per heavy atom. The zero-order valence-corrected chi connectivity index (χ0v) is 14.4. The van der Waals surface area contributed by atoms with Gasteiger partial charge in [0.1, 0.15) is 11.5 Å². The van der Waals surface area contributed by atoms with Crippen molar-refractivity contribution in [3.8, 4) is 11.5 Å². The number of nitrogens with zero attached hydrogens (tertiary/aromatic N) is 1. The van der Waals surface area contributed by atoms with Crippen molar-refractivity contribution >= 4 is 18.1 Å². The van der Waals surface area contributed by atoms with Crippen molar-refractivity contribution in [1.29, 1.82) is 0 Å². The first-order valence-corrected chi connectivity index (χ1v) is 8.50. The van der Waals surface area contributed by atoms with E-state index in [0.717, 1.165) is 11.3 Å². The second-order valence-corrected chi connectivity index (χ2v) is 5.74. The van der Waals surface area contributed by atoms with Gasteiger partial charge in [-0.1, -0.05) is 36.8 Å². The van der Waals surface area contributed by atoms with E-state index in [1.54, 1.807) is 6.21 Å². The first kappa shape index (κ1) is 19.2. The molecular formula is C20H22N2O4. The first-order valence-electron chi connectivity index (χ1n) is 8.50. The second kappa shape index (κ2) is 10.7. The fourth-order valence-corrected chi connectivity index (χ4v) is 2.26. The van der Waals surface area contributed by atoms with Crippen molar-refractivity contribution in [3.63, 3.8) is 0 Å². The Labute approximate surface area is 152 Å². The molecule has 1 amide bonds. The lowest BCUT2D eigenvalue weighted by atomic mass is 10.1. The Morgan fingerprint density at radius 3 is 2.46 bits per heavy atom.